The zero-order valence-corrected chi connectivity index (χ0v) is 4.73. The highest BCUT2D eigenvalue weighted by Gasteiger charge is 2.11. The van der Waals surface area contributed by atoms with Crippen LogP contribution in [-0.2, 0) is 9.90 Å². The van der Waals surface area contributed by atoms with Crippen LogP contribution in [0.3, 0.4) is 0 Å². The van der Waals surface area contributed by atoms with Crippen molar-refractivity contribution < 1.29 is 9.90 Å². The lowest BCUT2D eigenvalue weighted by Gasteiger charge is -1.90. The van der Waals surface area contributed by atoms with Gasteiger partial charge in [0.15, 0.2) is 0 Å². The molecule has 2 nitrogen and oxygen atoms in total. The van der Waals surface area contributed by atoms with E-state index in [-0.39, 0.29) is 0 Å². The lowest BCUT2D eigenvalue weighted by atomic mass is 10.3. The molecular formula is C4H6ClO2. The number of hydrogen-bond acceptors (Lipinski definition) is 1. The van der Waals surface area contributed by atoms with Gasteiger partial charge in [0.05, 0.1) is 0 Å². The molecule has 0 aliphatic rings. The summed E-state index contributed by atoms with van der Waals surface area (Å²) >= 11 is 5.14. The number of halogens is 1. The number of alkyl halides is 1. The SMILES string of the molecule is CCC(Cl)C([O])=O. The smallest absolute Gasteiger partial charge is 0.246 e. The summed E-state index contributed by atoms with van der Waals surface area (Å²) in [4.78, 5) is 9.69. The summed E-state index contributed by atoms with van der Waals surface area (Å²) in [6, 6.07) is 0. The third kappa shape index (κ3) is 2.45. The van der Waals surface area contributed by atoms with E-state index in [1.54, 1.807) is 6.92 Å². The maximum atomic E-state index is 9.69. The van der Waals surface area contributed by atoms with Gasteiger partial charge in [-0.3, -0.25) is 0 Å². The van der Waals surface area contributed by atoms with Crippen LogP contribution < -0.4 is 0 Å². The fourth-order valence-corrected chi connectivity index (χ4v) is 0.167. The van der Waals surface area contributed by atoms with Crippen LogP contribution in [0.25, 0.3) is 0 Å². The summed E-state index contributed by atoms with van der Waals surface area (Å²) < 4.78 is 0. The van der Waals surface area contributed by atoms with Crippen molar-refractivity contribution in [2.45, 2.75) is 18.7 Å². The van der Waals surface area contributed by atoms with Crippen molar-refractivity contribution in [3.8, 4) is 0 Å². The maximum absolute atomic E-state index is 9.69. The van der Waals surface area contributed by atoms with Gasteiger partial charge in [0.1, 0.15) is 5.38 Å². The monoisotopic (exact) mass is 121 g/mol. The first kappa shape index (κ1) is 6.76. The summed E-state index contributed by atoms with van der Waals surface area (Å²) in [7, 11) is 0. The molecule has 0 N–H and O–H groups in total. The van der Waals surface area contributed by atoms with Gasteiger partial charge in [0, 0.05) is 0 Å². The van der Waals surface area contributed by atoms with E-state index in [0.29, 0.717) is 6.42 Å². The fourth-order valence-electron chi connectivity index (χ4n) is 0.167. The minimum absolute atomic E-state index is 0.421. The molecule has 0 saturated heterocycles. The van der Waals surface area contributed by atoms with E-state index in [0.717, 1.165) is 0 Å². The number of carbonyl (C=O) groups is 1. The predicted octanol–water partition coefficient (Wildman–Crippen LogP) is 0.961. The van der Waals surface area contributed by atoms with Crippen molar-refractivity contribution in [3.05, 3.63) is 0 Å². The van der Waals surface area contributed by atoms with Crippen molar-refractivity contribution in [2.24, 2.45) is 0 Å². The van der Waals surface area contributed by atoms with Crippen molar-refractivity contribution in [1.82, 2.24) is 0 Å². The van der Waals surface area contributed by atoms with Crippen LogP contribution in [0.1, 0.15) is 13.3 Å². The molecule has 0 fully saturated rings. The molecule has 0 aliphatic heterocycles. The minimum atomic E-state index is -1.19. The molecule has 0 aromatic rings. The molecule has 0 heterocycles. The fraction of sp³-hybridized carbons (Fsp3) is 0.750. The molecule has 41 valence electrons. The third-order valence-electron chi connectivity index (χ3n) is 0.614. The van der Waals surface area contributed by atoms with Crippen LogP contribution in [0.2, 0.25) is 0 Å². The van der Waals surface area contributed by atoms with Crippen molar-refractivity contribution >= 4 is 17.6 Å². The normalized spacial score (nSPS) is 13.4. The summed E-state index contributed by atoms with van der Waals surface area (Å²) in [6.07, 6.45) is 0.421. The van der Waals surface area contributed by atoms with Gasteiger partial charge in [-0.1, -0.05) is 6.92 Å². The van der Waals surface area contributed by atoms with Crippen molar-refractivity contribution in [2.75, 3.05) is 0 Å². The Balaban J connectivity index is 3.34. The molecule has 0 aromatic carbocycles. The second kappa shape index (κ2) is 2.86. The summed E-state index contributed by atoms with van der Waals surface area (Å²) in [5, 5.41) is 8.87. The zero-order valence-electron chi connectivity index (χ0n) is 3.98. The van der Waals surface area contributed by atoms with E-state index in [9.17, 15) is 9.90 Å². The average Bonchev–Trinajstić information content (AvgIpc) is 1.65. The Morgan fingerprint density at radius 1 is 1.86 bits per heavy atom. The van der Waals surface area contributed by atoms with E-state index in [4.69, 9.17) is 11.6 Å². The Morgan fingerprint density at radius 3 is 2.29 bits per heavy atom. The molecule has 0 aromatic heterocycles. The number of hydrogen-bond donors (Lipinski definition) is 0. The van der Waals surface area contributed by atoms with Crippen LogP contribution in [0.4, 0.5) is 0 Å². The first-order valence-corrected chi connectivity index (χ1v) is 2.47. The van der Waals surface area contributed by atoms with Crippen LogP contribution in [0.5, 0.6) is 0 Å². The molecule has 1 atom stereocenters. The molecular weight excluding hydrogens is 115 g/mol. The number of rotatable bonds is 2. The highest BCUT2D eigenvalue weighted by Crippen LogP contribution is 1.99. The molecule has 1 radical (unpaired) electrons. The molecule has 1 unspecified atom stereocenters. The molecule has 7 heavy (non-hydrogen) atoms. The first-order valence-electron chi connectivity index (χ1n) is 2.03. The average molecular weight is 122 g/mol. The van der Waals surface area contributed by atoms with Gasteiger partial charge >= 0.3 is 5.97 Å². The van der Waals surface area contributed by atoms with Gasteiger partial charge in [-0.05, 0) is 6.42 Å². The zero-order chi connectivity index (χ0) is 5.86. The van der Waals surface area contributed by atoms with E-state index in [2.05, 4.69) is 0 Å². The molecule has 0 bridgehead atoms. The van der Waals surface area contributed by atoms with Gasteiger partial charge in [-0.2, -0.15) is 0 Å². The van der Waals surface area contributed by atoms with Gasteiger partial charge in [-0.25, -0.2) is 9.90 Å². The number of carbonyl (C=O) groups excluding carboxylic acids is 1. The van der Waals surface area contributed by atoms with Crippen molar-refractivity contribution in [1.29, 1.82) is 0 Å². The van der Waals surface area contributed by atoms with Gasteiger partial charge in [0.25, 0.3) is 0 Å². The molecule has 0 amide bonds. The Labute approximate surface area is 47.1 Å². The van der Waals surface area contributed by atoms with E-state index < -0.39 is 11.3 Å². The Kier molecular flexibility index (Phi) is 2.76. The van der Waals surface area contributed by atoms with Gasteiger partial charge < -0.3 is 0 Å². The summed E-state index contributed by atoms with van der Waals surface area (Å²) in [6.45, 7) is 1.69. The second-order valence-corrected chi connectivity index (χ2v) is 1.72. The highest BCUT2D eigenvalue weighted by atomic mass is 35.5. The molecule has 0 spiro atoms. The lowest BCUT2D eigenvalue weighted by Crippen LogP contribution is -2.09. The molecule has 0 rings (SSSR count). The summed E-state index contributed by atoms with van der Waals surface area (Å²) in [5.74, 6) is -1.19. The molecule has 0 aliphatic carbocycles. The highest BCUT2D eigenvalue weighted by molar-refractivity contribution is 6.29. The van der Waals surface area contributed by atoms with Crippen LogP contribution in [-0.4, -0.2) is 11.3 Å². The van der Waals surface area contributed by atoms with E-state index in [1.807, 2.05) is 0 Å². The Morgan fingerprint density at radius 2 is 2.29 bits per heavy atom. The standard InChI is InChI=1S/C4H6ClO2/c1-2-3(5)4(6)7/h3H,2H2,1H3. The Bertz CT molecular complexity index is 72.1. The molecule has 3 heteroatoms. The van der Waals surface area contributed by atoms with Crippen molar-refractivity contribution in [3.63, 3.8) is 0 Å². The molecule has 0 saturated carbocycles. The third-order valence-corrected chi connectivity index (χ3v) is 1.10. The van der Waals surface area contributed by atoms with Crippen LogP contribution in [0.15, 0.2) is 0 Å². The Hall–Kier alpha value is -0.240. The topological polar surface area (TPSA) is 37.0 Å². The lowest BCUT2D eigenvalue weighted by molar-refractivity contribution is -0.142. The maximum Gasteiger partial charge on any atom is 0.373 e. The van der Waals surface area contributed by atoms with Crippen LogP contribution in [0, 0.1) is 0 Å². The predicted molar refractivity (Wildman–Crippen MR) is 25.6 cm³/mol. The first-order chi connectivity index (χ1) is 3.18. The second-order valence-electron chi connectivity index (χ2n) is 1.19. The van der Waals surface area contributed by atoms with Gasteiger partial charge in [0.2, 0.25) is 0 Å². The van der Waals surface area contributed by atoms with E-state index >= 15 is 0 Å². The van der Waals surface area contributed by atoms with Gasteiger partial charge in [-0.15, -0.1) is 11.6 Å². The largest absolute Gasteiger partial charge is 0.373 e. The minimum Gasteiger partial charge on any atom is -0.246 e. The summed E-state index contributed by atoms with van der Waals surface area (Å²) in [5.41, 5.74) is 0. The van der Waals surface area contributed by atoms with E-state index in [1.165, 1.54) is 0 Å². The quantitative estimate of drug-likeness (QED) is 0.502. The van der Waals surface area contributed by atoms with Crippen LogP contribution >= 0.6 is 11.6 Å².